The number of carbonyl (C=O) groups excluding carboxylic acids is 2. The zero-order valence-electron chi connectivity index (χ0n) is 21.4. The summed E-state index contributed by atoms with van der Waals surface area (Å²) in [5.41, 5.74) is 3.38. The predicted octanol–water partition coefficient (Wildman–Crippen LogP) is 4.95. The number of rotatable bonds is 11. The monoisotopic (exact) mass is 507 g/mol. The number of hydrogen-bond acceptors (Lipinski definition) is 6. The number of ether oxygens (including phenoxy) is 1. The Morgan fingerprint density at radius 2 is 1.78 bits per heavy atom. The van der Waals surface area contributed by atoms with Crippen molar-refractivity contribution in [1.82, 2.24) is 20.1 Å². The van der Waals surface area contributed by atoms with Gasteiger partial charge in [0.1, 0.15) is 5.75 Å². The van der Waals surface area contributed by atoms with E-state index in [4.69, 9.17) is 4.74 Å². The van der Waals surface area contributed by atoms with Crippen molar-refractivity contribution < 1.29 is 14.3 Å². The average Bonchev–Trinajstić information content (AvgIpc) is 3.25. The number of thioether (sulfide) groups is 1. The zero-order chi connectivity index (χ0) is 26.2. The number of hydrogen-bond donors (Lipinski definition) is 2. The van der Waals surface area contributed by atoms with Crippen LogP contribution in [0.3, 0.4) is 0 Å². The summed E-state index contributed by atoms with van der Waals surface area (Å²) < 4.78 is 7.07. The van der Waals surface area contributed by atoms with Crippen molar-refractivity contribution in [2.24, 2.45) is 5.92 Å². The van der Waals surface area contributed by atoms with Gasteiger partial charge in [-0.2, -0.15) is 0 Å². The molecule has 1 aromatic heterocycles. The molecular weight excluding hydrogens is 474 g/mol. The summed E-state index contributed by atoms with van der Waals surface area (Å²) in [6.45, 7) is 12.3. The third kappa shape index (κ3) is 6.54. The molecule has 0 saturated heterocycles. The van der Waals surface area contributed by atoms with Gasteiger partial charge in [-0.1, -0.05) is 49.9 Å². The molecule has 0 radical (unpaired) electrons. The Labute approximate surface area is 216 Å². The van der Waals surface area contributed by atoms with Crippen molar-refractivity contribution in [3.8, 4) is 5.75 Å². The predicted molar refractivity (Wildman–Crippen MR) is 144 cm³/mol. The molecule has 3 rings (SSSR count). The lowest BCUT2D eigenvalue weighted by Crippen LogP contribution is -2.33. The number of methoxy groups -OCH3 is 1. The Kier molecular flexibility index (Phi) is 9.30. The Balaban J connectivity index is 1.76. The second-order valence-electron chi connectivity index (χ2n) is 8.77. The highest BCUT2D eigenvalue weighted by Gasteiger charge is 2.26. The highest BCUT2D eigenvalue weighted by Crippen LogP contribution is 2.26. The van der Waals surface area contributed by atoms with E-state index in [2.05, 4.69) is 27.4 Å². The standard InChI is InChI=1S/C27H33N5O3S/c1-7-15-32-25(23(17(2)3)29-26(34)20-11-13-21(35-6)14-12-20)30-31-27(32)36-16-22(33)28-24-18(4)9-8-10-19(24)5/h7-14,17,23H,1,15-16H2,2-6H3,(H,28,33)(H,29,34)/t23-/m0/s1. The lowest BCUT2D eigenvalue weighted by molar-refractivity contribution is -0.113. The summed E-state index contributed by atoms with van der Waals surface area (Å²) in [7, 11) is 1.58. The molecule has 1 atom stereocenters. The third-order valence-electron chi connectivity index (χ3n) is 5.72. The van der Waals surface area contributed by atoms with Crippen LogP contribution in [0.4, 0.5) is 5.69 Å². The van der Waals surface area contributed by atoms with Crippen LogP contribution in [0, 0.1) is 19.8 Å². The van der Waals surface area contributed by atoms with Gasteiger partial charge in [0.05, 0.1) is 18.9 Å². The van der Waals surface area contributed by atoms with Gasteiger partial charge in [0.15, 0.2) is 11.0 Å². The van der Waals surface area contributed by atoms with Crippen LogP contribution in [0.2, 0.25) is 0 Å². The SMILES string of the molecule is C=CCn1c(SCC(=O)Nc2c(C)cccc2C)nnc1[C@@H](NC(=O)c1ccc(OC)cc1)C(C)C. The van der Waals surface area contributed by atoms with E-state index in [1.165, 1.54) is 11.8 Å². The minimum atomic E-state index is -0.384. The topological polar surface area (TPSA) is 98.1 Å². The first-order valence-corrected chi connectivity index (χ1v) is 12.7. The number of allylic oxidation sites excluding steroid dienone is 1. The minimum Gasteiger partial charge on any atom is -0.497 e. The number of para-hydroxylation sites is 1. The van der Waals surface area contributed by atoms with Gasteiger partial charge in [-0.3, -0.25) is 9.59 Å². The van der Waals surface area contributed by atoms with Crippen LogP contribution in [0.15, 0.2) is 60.3 Å². The summed E-state index contributed by atoms with van der Waals surface area (Å²) in [6.07, 6.45) is 1.75. The Hall–Kier alpha value is -3.59. The summed E-state index contributed by atoms with van der Waals surface area (Å²) in [5, 5.41) is 15.4. The number of nitrogens with zero attached hydrogens (tertiary/aromatic N) is 3. The van der Waals surface area contributed by atoms with E-state index in [0.29, 0.717) is 28.8 Å². The first-order chi connectivity index (χ1) is 17.2. The highest BCUT2D eigenvalue weighted by atomic mass is 32.2. The van der Waals surface area contributed by atoms with Crippen LogP contribution in [-0.2, 0) is 11.3 Å². The molecule has 190 valence electrons. The zero-order valence-corrected chi connectivity index (χ0v) is 22.2. The summed E-state index contributed by atoms with van der Waals surface area (Å²) in [4.78, 5) is 25.6. The molecule has 0 aliphatic heterocycles. The van der Waals surface area contributed by atoms with Crippen LogP contribution < -0.4 is 15.4 Å². The van der Waals surface area contributed by atoms with Gasteiger partial charge >= 0.3 is 0 Å². The number of nitrogens with one attached hydrogen (secondary N) is 2. The van der Waals surface area contributed by atoms with Gasteiger partial charge in [0.25, 0.3) is 5.91 Å². The highest BCUT2D eigenvalue weighted by molar-refractivity contribution is 7.99. The van der Waals surface area contributed by atoms with Crippen molar-refractivity contribution in [2.45, 2.75) is 45.4 Å². The summed E-state index contributed by atoms with van der Waals surface area (Å²) in [6, 6.07) is 12.4. The maximum absolute atomic E-state index is 13.0. The van der Waals surface area contributed by atoms with E-state index in [0.717, 1.165) is 16.8 Å². The molecule has 0 spiro atoms. The molecule has 2 aromatic carbocycles. The van der Waals surface area contributed by atoms with Gasteiger partial charge in [0.2, 0.25) is 5.91 Å². The van der Waals surface area contributed by atoms with Crippen LogP contribution in [0.5, 0.6) is 5.75 Å². The van der Waals surface area contributed by atoms with Crippen LogP contribution in [0.25, 0.3) is 0 Å². The van der Waals surface area contributed by atoms with Crippen molar-refractivity contribution in [1.29, 1.82) is 0 Å². The molecule has 0 aliphatic carbocycles. The van der Waals surface area contributed by atoms with Crippen molar-refractivity contribution in [3.63, 3.8) is 0 Å². The fourth-order valence-electron chi connectivity index (χ4n) is 3.75. The maximum Gasteiger partial charge on any atom is 0.251 e. The van der Waals surface area contributed by atoms with E-state index in [9.17, 15) is 9.59 Å². The molecule has 36 heavy (non-hydrogen) atoms. The van der Waals surface area contributed by atoms with E-state index < -0.39 is 0 Å². The Morgan fingerprint density at radius 1 is 1.11 bits per heavy atom. The largest absolute Gasteiger partial charge is 0.497 e. The number of anilines is 1. The van der Waals surface area contributed by atoms with E-state index in [1.54, 1.807) is 37.5 Å². The van der Waals surface area contributed by atoms with Crippen molar-refractivity contribution in [2.75, 3.05) is 18.2 Å². The van der Waals surface area contributed by atoms with Crippen LogP contribution >= 0.6 is 11.8 Å². The fourth-order valence-corrected chi connectivity index (χ4v) is 4.51. The molecule has 2 N–H and O–H groups in total. The lowest BCUT2D eigenvalue weighted by atomic mass is 10.0. The van der Waals surface area contributed by atoms with Crippen molar-refractivity contribution in [3.05, 3.63) is 77.6 Å². The molecule has 9 heteroatoms. The maximum atomic E-state index is 13.0. The van der Waals surface area contributed by atoms with Gasteiger partial charge < -0.3 is 19.9 Å². The molecular formula is C27H33N5O3S. The van der Waals surface area contributed by atoms with Crippen LogP contribution in [-0.4, -0.2) is 39.4 Å². The molecule has 2 amide bonds. The van der Waals surface area contributed by atoms with Gasteiger partial charge in [-0.25, -0.2) is 0 Å². The average molecular weight is 508 g/mol. The Morgan fingerprint density at radius 3 is 2.36 bits per heavy atom. The minimum absolute atomic E-state index is 0.0464. The normalized spacial score (nSPS) is 11.7. The Bertz CT molecular complexity index is 1200. The molecule has 3 aromatic rings. The van der Waals surface area contributed by atoms with Crippen molar-refractivity contribution >= 4 is 29.3 Å². The van der Waals surface area contributed by atoms with E-state index >= 15 is 0 Å². The third-order valence-corrected chi connectivity index (χ3v) is 6.69. The molecule has 8 nitrogen and oxygen atoms in total. The second-order valence-corrected chi connectivity index (χ2v) is 9.71. The van der Waals surface area contributed by atoms with E-state index in [1.807, 2.05) is 50.5 Å². The molecule has 1 heterocycles. The molecule has 0 aliphatic rings. The van der Waals surface area contributed by atoms with Gasteiger partial charge in [-0.15, -0.1) is 16.8 Å². The summed E-state index contributed by atoms with van der Waals surface area (Å²) in [5.74, 6) is 1.18. The van der Waals surface area contributed by atoms with E-state index in [-0.39, 0.29) is 29.5 Å². The van der Waals surface area contributed by atoms with Crippen LogP contribution in [0.1, 0.15) is 47.2 Å². The number of aromatic nitrogens is 3. The number of carbonyl (C=O) groups is 2. The number of amides is 2. The second kappa shape index (κ2) is 12.4. The molecule has 0 fully saturated rings. The quantitative estimate of drug-likeness (QED) is 0.282. The fraction of sp³-hybridized carbons (Fsp3) is 0.333. The first-order valence-electron chi connectivity index (χ1n) is 11.7. The lowest BCUT2D eigenvalue weighted by Gasteiger charge is -2.22. The molecule has 0 bridgehead atoms. The molecule has 0 unspecified atom stereocenters. The van der Waals surface area contributed by atoms with Gasteiger partial charge in [0, 0.05) is 17.8 Å². The number of benzene rings is 2. The first kappa shape index (κ1) is 27.0. The summed E-state index contributed by atoms with van der Waals surface area (Å²) >= 11 is 1.30. The molecule has 0 saturated carbocycles. The smallest absolute Gasteiger partial charge is 0.251 e. The van der Waals surface area contributed by atoms with Gasteiger partial charge in [-0.05, 0) is 55.2 Å². The number of aryl methyl sites for hydroxylation is 2.